The van der Waals surface area contributed by atoms with Gasteiger partial charge in [-0.3, -0.25) is 15.6 Å². The minimum absolute atomic E-state index is 0.0475. The van der Waals surface area contributed by atoms with E-state index >= 15 is 0 Å². The number of rotatable bonds is 9. The van der Waals surface area contributed by atoms with E-state index in [4.69, 9.17) is 9.47 Å². The first-order valence-corrected chi connectivity index (χ1v) is 10.3. The van der Waals surface area contributed by atoms with Gasteiger partial charge in [-0.05, 0) is 62.1 Å². The molecule has 6 nitrogen and oxygen atoms in total. The summed E-state index contributed by atoms with van der Waals surface area (Å²) < 4.78 is 24.3. The maximum Gasteiger partial charge on any atom is 0.253 e. The first-order valence-electron chi connectivity index (χ1n) is 10.3. The second-order valence-electron chi connectivity index (χ2n) is 7.50. The largest absolute Gasteiger partial charge is 0.493 e. The Morgan fingerprint density at radius 3 is 2.77 bits per heavy atom. The van der Waals surface area contributed by atoms with Gasteiger partial charge in [-0.2, -0.15) is 0 Å². The van der Waals surface area contributed by atoms with Crippen LogP contribution in [0.3, 0.4) is 0 Å². The Balaban J connectivity index is 1.48. The molecule has 2 atom stereocenters. The topological polar surface area (TPSA) is 62.8 Å². The molecule has 1 amide bonds. The van der Waals surface area contributed by atoms with E-state index in [2.05, 4.69) is 10.9 Å². The third kappa shape index (κ3) is 5.49. The molecule has 0 aromatic heterocycles. The van der Waals surface area contributed by atoms with Gasteiger partial charge >= 0.3 is 0 Å². The predicted octanol–water partition coefficient (Wildman–Crippen LogP) is 3.69. The molecular formula is C23H30FN3O3. The van der Waals surface area contributed by atoms with Crippen LogP contribution in [-0.2, 0) is 0 Å². The van der Waals surface area contributed by atoms with Crippen LogP contribution in [0.1, 0.15) is 48.1 Å². The normalized spacial score (nSPS) is 18.3. The number of nitrogens with zero attached hydrogens (tertiary/aromatic N) is 1. The van der Waals surface area contributed by atoms with Crippen LogP contribution < -0.4 is 20.3 Å². The summed E-state index contributed by atoms with van der Waals surface area (Å²) in [5.74, 6) is 0.922. The lowest BCUT2D eigenvalue weighted by atomic mass is 9.99. The number of ether oxygens (including phenoxy) is 2. The molecule has 1 aliphatic rings. The predicted molar refractivity (Wildman–Crippen MR) is 114 cm³/mol. The molecule has 2 N–H and O–H groups in total. The van der Waals surface area contributed by atoms with E-state index in [1.807, 2.05) is 20.0 Å². The second-order valence-corrected chi connectivity index (χ2v) is 7.50. The van der Waals surface area contributed by atoms with Crippen molar-refractivity contribution in [1.29, 1.82) is 0 Å². The molecule has 2 aromatic rings. The molecule has 1 aliphatic heterocycles. The Kier molecular flexibility index (Phi) is 7.65. The molecule has 1 saturated heterocycles. The molecule has 0 aliphatic carbocycles. The van der Waals surface area contributed by atoms with E-state index in [0.29, 0.717) is 30.2 Å². The minimum atomic E-state index is -0.219. The number of hydrazine groups is 1. The molecule has 2 unspecified atom stereocenters. The number of hydrogen-bond donors (Lipinski definition) is 2. The highest BCUT2D eigenvalue weighted by atomic mass is 19.1. The summed E-state index contributed by atoms with van der Waals surface area (Å²) in [6.07, 6.45) is 2.67. The summed E-state index contributed by atoms with van der Waals surface area (Å²) in [6, 6.07) is 12.3. The molecule has 0 saturated carbocycles. The number of carbonyl (C=O) groups is 1. The summed E-state index contributed by atoms with van der Waals surface area (Å²) in [5.41, 5.74) is 8.05. The average molecular weight is 416 g/mol. The van der Waals surface area contributed by atoms with Crippen LogP contribution in [0, 0.1) is 5.82 Å². The van der Waals surface area contributed by atoms with Gasteiger partial charge in [-0.15, -0.1) is 0 Å². The van der Waals surface area contributed by atoms with Crippen molar-refractivity contribution in [2.75, 3.05) is 27.3 Å². The fraction of sp³-hybridized carbons (Fsp3) is 0.435. The molecule has 2 aromatic carbocycles. The molecule has 30 heavy (non-hydrogen) atoms. The van der Waals surface area contributed by atoms with Crippen molar-refractivity contribution in [2.24, 2.45) is 0 Å². The lowest BCUT2D eigenvalue weighted by Crippen LogP contribution is -2.32. The first kappa shape index (κ1) is 22.1. The molecule has 0 bridgehead atoms. The Hall–Kier alpha value is -2.64. The van der Waals surface area contributed by atoms with Crippen molar-refractivity contribution in [3.05, 3.63) is 59.4 Å². The molecule has 1 fully saturated rings. The average Bonchev–Trinajstić information content (AvgIpc) is 3.22. The SMILES string of the molecule is CCOc1cc(C(=O)N(C)CCCC2CC(c3cccc(F)c3)NN2)ccc1OC. The van der Waals surface area contributed by atoms with Gasteiger partial charge in [-0.1, -0.05) is 12.1 Å². The van der Waals surface area contributed by atoms with E-state index in [9.17, 15) is 9.18 Å². The number of nitrogens with one attached hydrogen (secondary N) is 2. The Morgan fingerprint density at radius 1 is 1.20 bits per heavy atom. The summed E-state index contributed by atoms with van der Waals surface area (Å²) >= 11 is 0. The number of hydrogen-bond acceptors (Lipinski definition) is 5. The third-order valence-corrected chi connectivity index (χ3v) is 5.34. The smallest absolute Gasteiger partial charge is 0.253 e. The molecular weight excluding hydrogens is 385 g/mol. The lowest BCUT2D eigenvalue weighted by molar-refractivity contribution is 0.0791. The van der Waals surface area contributed by atoms with Crippen molar-refractivity contribution < 1.29 is 18.7 Å². The minimum Gasteiger partial charge on any atom is -0.493 e. The number of halogens is 1. The molecule has 3 rings (SSSR count). The van der Waals surface area contributed by atoms with Crippen molar-refractivity contribution >= 4 is 5.91 Å². The molecule has 0 radical (unpaired) electrons. The monoisotopic (exact) mass is 415 g/mol. The van der Waals surface area contributed by atoms with Gasteiger partial charge in [0.15, 0.2) is 11.5 Å². The molecule has 162 valence electrons. The zero-order chi connectivity index (χ0) is 21.5. The van der Waals surface area contributed by atoms with Crippen LogP contribution in [0.4, 0.5) is 4.39 Å². The van der Waals surface area contributed by atoms with Crippen molar-refractivity contribution in [1.82, 2.24) is 15.8 Å². The van der Waals surface area contributed by atoms with E-state index in [1.54, 1.807) is 42.3 Å². The van der Waals surface area contributed by atoms with Crippen LogP contribution in [0.15, 0.2) is 42.5 Å². The second kappa shape index (κ2) is 10.4. The maximum absolute atomic E-state index is 13.4. The summed E-state index contributed by atoms with van der Waals surface area (Å²) in [4.78, 5) is 14.5. The number of methoxy groups -OCH3 is 1. The summed E-state index contributed by atoms with van der Waals surface area (Å²) in [5, 5.41) is 0. The number of amides is 1. The van der Waals surface area contributed by atoms with E-state index in [0.717, 1.165) is 24.8 Å². The molecule has 1 heterocycles. The van der Waals surface area contributed by atoms with Gasteiger partial charge in [-0.25, -0.2) is 4.39 Å². The molecule has 7 heteroatoms. The third-order valence-electron chi connectivity index (χ3n) is 5.34. The van der Waals surface area contributed by atoms with Crippen LogP contribution in [0.2, 0.25) is 0 Å². The van der Waals surface area contributed by atoms with Gasteiger partial charge in [0.05, 0.1) is 13.7 Å². The Morgan fingerprint density at radius 2 is 2.03 bits per heavy atom. The highest BCUT2D eigenvalue weighted by Gasteiger charge is 2.25. The quantitative estimate of drug-likeness (QED) is 0.654. The van der Waals surface area contributed by atoms with Gasteiger partial charge in [0.25, 0.3) is 5.91 Å². The molecule has 0 spiro atoms. The van der Waals surface area contributed by atoms with E-state index in [1.165, 1.54) is 6.07 Å². The number of carbonyl (C=O) groups excluding carboxylic acids is 1. The Bertz CT molecular complexity index is 861. The Labute approximate surface area is 177 Å². The maximum atomic E-state index is 13.4. The number of benzene rings is 2. The van der Waals surface area contributed by atoms with Gasteiger partial charge in [0.1, 0.15) is 5.82 Å². The van der Waals surface area contributed by atoms with Crippen molar-refractivity contribution in [3.63, 3.8) is 0 Å². The van der Waals surface area contributed by atoms with E-state index in [-0.39, 0.29) is 23.8 Å². The fourth-order valence-electron chi connectivity index (χ4n) is 3.73. The van der Waals surface area contributed by atoms with Gasteiger partial charge in [0.2, 0.25) is 0 Å². The first-order chi connectivity index (χ1) is 14.5. The summed E-state index contributed by atoms with van der Waals surface area (Å²) in [7, 11) is 3.39. The summed E-state index contributed by atoms with van der Waals surface area (Å²) in [6.45, 7) is 3.05. The zero-order valence-electron chi connectivity index (χ0n) is 17.8. The van der Waals surface area contributed by atoms with Gasteiger partial charge in [0, 0.05) is 31.2 Å². The zero-order valence-corrected chi connectivity index (χ0v) is 17.8. The van der Waals surface area contributed by atoms with Crippen LogP contribution in [0.5, 0.6) is 11.5 Å². The van der Waals surface area contributed by atoms with E-state index < -0.39 is 0 Å². The highest BCUT2D eigenvalue weighted by molar-refractivity contribution is 5.94. The van der Waals surface area contributed by atoms with Crippen molar-refractivity contribution in [2.45, 2.75) is 38.3 Å². The van der Waals surface area contributed by atoms with Crippen molar-refractivity contribution in [3.8, 4) is 11.5 Å². The van der Waals surface area contributed by atoms with Crippen LogP contribution in [0.25, 0.3) is 0 Å². The fourth-order valence-corrected chi connectivity index (χ4v) is 3.73. The lowest BCUT2D eigenvalue weighted by Gasteiger charge is -2.19. The van der Waals surface area contributed by atoms with Crippen LogP contribution >= 0.6 is 0 Å². The standard InChI is InChI=1S/C23H30FN3O3/c1-4-30-22-14-17(10-11-21(22)29-3)23(28)27(2)12-6-9-19-15-20(26-25-19)16-7-5-8-18(24)13-16/h5,7-8,10-11,13-14,19-20,25-26H,4,6,9,12,15H2,1-3H3. The highest BCUT2D eigenvalue weighted by Crippen LogP contribution is 2.29. The van der Waals surface area contributed by atoms with Gasteiger partial charge < -0.3 is 14.4 Å². The van der Waals surface area contributed by atoms with Crippen LogP contribution in [-0.4, -0.2) is 44.2 Å².